The third-order valence-electron chi connectivity index (χ3n) is 3.94. The zero-order valence-electron chi connectivity index (χ0n) is 12.8. The lowest BCUT2D eigenvalue weighted by Crippen LogP contribution is -2.45. The van der Waals surface area contributed by atoms with Gasteiger partial charge >= 0.3 is 5.97 Å². The minimum Gasteiger partial charge on any atom is -0.497 e. The molecular weight excluding hydrogens is 286 g/mol. The van der Waals surface area contributed by atoms with E-state index >= 15 is 0 Å². The molecule has 1 aliphatic rings. The second-order valence-corrected chi connectivity index (χ2v) is 6.41. The number of benzene rings is 1. The van der Waals surface area contributed by atoms with Crippen LogP contribution >= 0.6 is 11.8 Å². The van der Waals surface area contributed by atoms with E-state index in [1.165, 1.54) is 12.7 Å². The van der Waals surface area contributed by atoms with Crippen LogP contribution in [0.5, 0.6) is 5.75 Å². The molecule has 1 fully saturated rings. The SMILES string of the molecule is COC(=O)[C@@H]1CSCC[C@@H]1N[C@@H](C)c1ccc(OC)cc1. The molecule has 1 aliphatic heterocycles. The van der Waals surface area contributed by atoms with Gasteiger partial charge in [0.15, 0.2) is 0 Å². The number of carbonyl (C=O) groups is 1. The summed E-state index contributed by atoms with van der Waals surface area (Å²) >= 11 is 1.82. The lowest BCUT2D eigenvalue weighted by Gasteiger charge is -2.32. The molecule has 1 saturated heterocycles. The Hall–Kier alpha value is -1.20. The van der Waals surface area contributed by atoms with Crippen molar-refractivity contribution in [2.24, 2.45) is 5.92 Å². The molecule has 116 valence electrons. The fourth-order valence-corrected chi connectivity index (χ4v) is 3.84. The third-order valence-corrected chi connectivity index (χ3v) is 5.06. The summed E-state index contributed by atoms with van der Waals surface area (Å²) in [5.41, 5.74) is 1.19. The van der Waals surface area contributed by atoms with Crippen molar-refractivity contribution in [3.8, 4) is 5.75 Å². The minimum absolute atomic E-state index is 0.0607. The lowest BCUT2D eigenvalue weighted by molar-refractivity contribution is -0.145. The van der Waals surface area contributed by atoms with Crippen molar-refractivity contribution in [3.05, 3.63) is 29.8 Å². The van der Waals surface area contributed by atoms with Crippen molar-refractivity contribution in [1.29, 1.82) is 0 Å². The Labute approximate surface area is 130 Å². The average Bonchev–Trinajstić information content (AvgIpc) is 2.54. The smallest absolute Gasteiger partial charge is 0.311 e. The van der Waals surface area contributed by atoms with Gasteiger partial charge in [-0.05, 0) is 36.8 Å². The first-order valence-corrected chi connectivity index (χ1v) is 8.36. The predicted molar refractivity (Wildman–Crippen MR) is 85.8 cm³/mol. The maximum atomic E-state index is 11.9. The number of hydrogen-bond acceptors (Lipinski definition) is 5. The molecule has 1 N–H and O–H groups in total. The van der Waals surface area contributed by atoms with E-state index in [2.05, 4.69) is 24.4 Å². The molecule has 4 nitrogen and oxygen atoms in total. The van der Waals surface area contributed by atoms with Crippen molar-refractivity contribution in [3.63, 3.8) is 0 Å². The molecule has 1 aromatic carbocycles. The van der Waals surface area contributed by atoms with E-state index in [0.717, 1.165) is 23.7 Å². The average molecular weight is 309 g/mol. The Kier molecular flexibility index (Phi) is 5.94. The number of methoxy groups -OCH3 is 2. The van der Waals surface area contributed by atoms with Gasteiger partial charge in [-0.3, -0.25) is 4.79 Å². The summed E-state index contributed by atoms with van der Waals surface area (Å²) in [6.07, 6.45) is 0.991. The molecule has 0 spiro atoms. The van der Waals surface area contributed by atoms with Crippen LogP contribution in [-0.2, 0) is 9.53 Å². The largest absolute Gasteiger partial charge is 0.497 e. The summed E-state index contributed by atoms with van der Waals surface area (Å²) in [4.78, 5) is 11.9. The third kappa shape index (κ3) is 4.14. The van der Waals surface area contributed by atoms with Gasteiger partial charge in [0.05, 0.1) is 20.1 Å². The van der Waals surface area contributed by atoms with E-state index < -0.39 is 0 Å². The van der Waals surface area contributed by atoms with Crippen LogP contribution in [0.4, 0.5) is 0 Å². The highest BCUT2D eigenvalue weighted by molar-refractivity contribution is 7.99. The number of esters is 1. The van der Waals surface area contributed by atoms with Gasteiger partial charge in [0, 0.05) is 17.8 Å². The van der Waals surface area contributed by atoms with Crippen LogP contribution < -0.4 is 10.1 Å². The molecule has 0 saturated carbocycles. The molecule has 5 heteroatoms. The zero-order chi connectivity index (χ0) is 15.2. The van der Waals surface area contributed by atoms with Gasteiger partial charge in [-0.25, -0.2) is 0 Å². The second-order valence-electron chi connectivity index (χ2n) is 5.26. The first-order valence-electron chi connectivity index (χ1n) is 7.21. The summed E-state index contributed by atoms with van der Waals surface area (Å²) in [6.45, 7) is 2.12. The van der Waals surface area contributed by atoms with Gasteiger partial charge < -0.3 is 14.8 Å². The molecule has 21 heavy (non-hydrogen) atoms. The number of ether oxygens (including phenoxy) is 2. The van der Waals surface area contributed by atoms with Crippen molar-refractivity contribution in [2.45, 2.75) is 25.4 Å². The van der Waals surface area contributed by atoms with Crippen LogP contribution in [0, 0.1) is 5.92 Å². The molecule has 2 rings (SSSR count). The van der Waals surface area contributed by atoms with Gasteiger partial charge in [-0.1, -0.05) is 12.1 Å². The van der Waals surface area contributed by atoms with E-state index in [-0.39, 0.29) is 24.0 Å². The van der Waals surface area contributed by atoms with Gasteiger partial charge in [0.25, 0.3) is 0 Å². The Bertz CT molecular complexity index is 463. The first-order chi connectivity index (χ1) is 10.2. The van der Waals surface area contributed by atoms with Gasteiger partial charge in [0.2, 0.25) is 0 Å². The summed E-state index contributed by atoms with van der Waals surface area (Å²) < 4.78 is 10.1. The first kappa shape index (κ1) is 16.2. The van der Waals surface area contributed by atoms with Crippen LogP contribution in [-0.4, -0.2) is 37.7 Å². The molecule has 0 aliphatic carbocycles. The fraction of sp³-hybridized carbons (Fsp3) is 0.562. The van der Waals surface area contributed by atoms with Crippen LogP contribution in [0.2, 0.25) is 0 Å². The number of carbonyl (C=O) groups excluding carboxylic acids is 1. The highest BCUT2D eigenvalue weighted by Crippen LogP contribution is 2.27. The van der Waals surface area contributed by atoms with E-state index in [9.17, 15) is 4.79 Å². The van der Waals surface area contributed by atoms with Crippen molar-refractivity contribution >= 4 is 17.7 Å². The number of hydrogen-bond donors (Lipinski definition) is 1. The summed E-state index contributed by atoms with van der Waals surface area (Å²) in [6, 6.07) is 8.40. The van der Waals surface area contributed by atoms with E-state index in [1.54, 1.807) is 7.11 Å². The molecule has 1 aromatic rings. The Morgan fingerprint density at radius 1 is 1.33 bits per heavy atom. The topological polar surface area (TPSA) is 47.6 Å². The van der Waals surface area contributed by atoms with Gasteiger partial charge in [-0.2, -0.15) is 11.8 Å². The molecule has 0 bridgehead atoms. The Morgan fingerprint density at radius 3 is 2.67 bits per heavy atom. The van der Waals surface area contributed by atoms with Crippen LogP contribution in [0.1, 0.15) is 24.9 Å². The molecule has 0 unspecified atom stereocenters. The number of nitrogens with one attached hydrogen (secondary N) is 1. The Balaban J connectivity index is 2.01. The van der Waals surface area contributed by atoms with Gasteiger partial charge in [-0.15, -0.1) is 0 Å². The zero-order valence-corrected chi connectivity index (χ0v) is 13.6. The summed E-state index contributed by atoms with van der Waals surface area (Å²) in [7, 11) is 3.13. The molecule has 1 heterocycles. The van der Waals surface area contributed by atoms with Crippen LogP contribution in [0.25, 0.3) is 0 Å². The quantitative estimate of drug-likeness (QED) is 0.847. The minimum atomic E-state index is -0.110. The maximum absolute atomic E-state index is 11.9. The van der Waals surface area contributed by atoms with E-state index in [0.29, 0.717) is 0 Å². The van der Waals surface area contributed by atoms with Crippen molar-refractivity contribution in [2.75, 3.05) is 25.7 Å². The summed E-state index contributed by atoms with van der Waals surface area (Å²) in [5.74, 6) is 2.60. The molecule has 3 atom stereocenters. The van der Waals surface area contributed by atoms with Crippen LogP contribution in [0.15, 0.2) is 24.3 Å². The normalized spacial score (nSPS) is 23.4. The van der Waals surface area contributed by atoms with E-state index in [4.69, 9.17) is 9.47 Å². The Morgan fingerprint density at radius 2 is 2.05 bits per heavy atom. The highest BCUT2D eigenvalue weighted by Gasteiger charge is 2.32. The monoisotopic (exact) mass is 309 g/mol. The van der Waals surface area contributed by atoms with Crippen LogP contribution in [0.3, 0.4) is 0 Å². The van der Waals surface area contributed by atoms with E-state index in [1.807, 2.05) is 23.9 Å². The molecule has 0 aromatic heterocycles. The molecular formula is C16H23NO3S. The van der Waals surface area contributed by atoms with Crippen molar-refractivity contribution < 1.29 is 14.3 Å². The standard InChI is InChI=1S/C16H23NO3S/c1-11(12-4-6-13(19-2)7-5-12)17-15-8-9-21-10-14(15)16(18)20-3/h4-7,11,14-15,17H,8-10H2,1-3H3/t11-,14+,15-/m0/s1. The number of thioether (sulfide) groups is 1. The molecule has 0 amide bonds. The maximum Gasteiger partial charge on any atom is 0.311 e. The summed E-state index contributed by atoms with van der Waals surface area (Å²) in [5, 5.41) is 3.58. The molecule has 0 radical (unpaired) electrons. The predicted octanol–water partition coefficient (Wildman–Crippen LogP) is 2.64. The second kappa shape index (κ2) is 7.71. The highest BCUT2D eigenvalue weighted by atomic mass is 32.2. The number of rotatable bonds is 5. The van der Waals surface area contributed by atoms with Crippen molar-refractivity contribution in [1.82, 2.24) is 5.32 Å². The lowest BCUT2D eigenvalue weighted by atomic mass is 9.96. The van der Waals surface area contributed by atoms with Gasteiger partial charge in [0.1, 0.15) is 5.75 Å². The fourth-order valence-electron chi connectivity index (χ4n) is 2.63.